The molecule has 3 rings (SSSR count). The van der Waals surface area contributed by atoms with E-state index in [1.165, 1.54) is 0 Å². The van der Waals surface area contributed by atoms with Crippen LogP contribution in [0.1, 0.15) is 24.8 Å². The number of nitrogens with one attached hydrogen (secondary N) is 1. The lowest BCUT2D eigenvalue weighted by Gasteiger charge is -2.11. The lowest BCUT2D eigenvalue weighted by molar-refractivity contribution is 0.109. The topological polar surface area (TPSA) is 73.2 Å². The third-order valence-corrected chi connectivity index (χ3v) is 5.27. The van der Waals surface area contributed by atoms with Gasteiger partial charge in [-0.3, -0.25) is 0 Å². The highest BCUT2D eigenvalue weighted by Crippen LogP contribution is 2.16. The van der Waals surface area contributed by atoms with Gasteiger partial charge in [0.1, 0.15) is 0 Å². The second kappa shape index (κ2) is 7.25. The highest BCUT2D eigenvalue weighted by atomic mass is 32.2. The minimum atomic E-state index is -3.29. The molecule has 124 valence electrons. The standard InChI is InChI=1S/C16H21N3O3S/c20-23(21,11-7-16-6-2-10-22-16)18-13-14-4-1-5-15(12-14)19-9-3-8-17-19/h1,3-5,8-9,12,16,18H,2,6-7,10-11,13H2. The van der Waals surface area contributed by atoms with Crippen molar-refractivity contribution < 1.29 is 13.2 Å². The molecule has 1 aliphatic rings. The van der Waals surface area contributed by atoms with E-state index in [2.05, 4.69) is 9.82 Å². The van der Waals surface area contributed by atoms with E-state index in [9.17, 15) is 8.42 Å². The van der Waals surface area contributed by atoms with Gasteiger partial charge in [-0.15, -0.1) is 0 Å². The molecular formula is C16H21N3O3S. The smallest absolute Gasteiger partial charge is 0.211 e. The van der Waals surface area contributed by atoms with Crippen molar-refractivity contribution >= 4 is 10.0 Å². The molecule has 2 aromatic rings. The van der Waals surface area contributed by atoms with Gasteiger partial charge in [0.15, 0.2) is 0 Å². The Labute approximate surface area is 136 Å². The normalized spacial score (nSPS) is 18.3. The van der Waals surface area contributed by atoms with Crippen molar-refractivity contribution in [3.05, 3.63) is 48.3 Å². The number of nitrogens with zero attached hydrogens (tertiary/aromatic N) is 2. The summed E-state index contributed by atoms with van der Waals surface area (Å²) in [6.07, 6.45) is 6.20. The zero-order chi connectivity index (χ0) is 16.1. The van der Waals surface area contributed by atoms with Gasteiger partial charge in [-0.2, -0.15) is 5.10 Å². The van der Waals surface area contributed by atoms with Crippen LogP contribution in [0.5, 0.6) is 0 Å². The molecule has 0 amide bonds. The second-order valence-corrected chi connectivity index (χ2v) is 7.61. The van der Waals surface area contributed by atoms with Crippen molar-refractivity contribution in [1.82, 2.24) is 14.5 Å². The zero-order valence-electron chi connectivity index (χ0n) is 12.9. The van der Waals surface area contributed by atoms with Crippen LogP contribution < -0.4 is 4.72 Å². The van der Waals surface area contributed by atoms with E-state index in [0.717, 1.165) is 30.7 Å². The molecule has 0 aliphatic carbocycles. The van der Waals surface area contributed by atoms with E-state index in [1.54, 1.807) is 10.9 Å². The van der Waals surface area contributed by atoms with Crippen LogP contribution in [0.15, 0.2) is 42.7 Å². The molecule has 0 bridgehead atoms. The minimum absolute atomic E-state index is 0.0923. The maximum Gasteiger partial charge on any atom is 0.211 e. The number of sulfonamides is 1. The molecule has 1 aromatic carbocycles. The molecule has 7 heteroatoms. The van der Waals surface area contributed by atoms with Gasteiger partial charge < -0.3 is 4.74 Å². The van der Waals surface area contributed by atoms with Gasteiger partial charge in [-0.25, -0.2) is 17.8 Å². The maximum absolute atomic E-state index is 12.1. The van der Waals surface area contributed by atoms with Gasteiger partial charge in [-0.1, -0.05) is 12.1 Å². The fraction of sp³-hybridized carbons (Fsp3) is 0.438. The summed E-state index contributed by atoms with van der Waals surface area (Å²) in [5.41, 5.74) is 1.81. The molecule has 23 heavy (non-hydrogen) atoms. The van der Waals surface area contributed by atoms with Crippen molar-refractivity contribution in [2.75, 3.05) is 12.4 Å². The molecule has 1 unspecified atom stereocenters. The Morgan fingerprint density at radius 3 is 3.00 bits per heavy atom. The molecule has 1 atom stereocenters. The van der Waals surface area contributed by atoms with E-state index < -0.39 is 10.0 Å². The third-order valence-electron chi connectivity index (χ3n) is 3.91. The summed E-state index contributed by atoms with van der Waals surface area (Å²) in [6.45, 7) is 1.03. The molecular weight excluding hydrogens is 314 g/mol. The average Bonchev–Trinajstić information content (AvgIpc) is 3.25. The highest BCUT2D eigenvalue weighted by molar-refractivity contribution is 7.89. The van der Waals surface area contributed by atoms with Crippen molar-refractivity contribution in [3.63, 3.8) is 0 Å². The quantitative estimate of drug-likeness (QED) is 0.838. The second-order valence-electron chi connectivity index (χ2n) is 5.68. The van der Waals surface area contributed by atoms with Crippen LogP contribution in [0.3, 0.4) is 0 Å². The Hall–Kier alpha value is -1.70. The molecule has 1 aliphatic heterocycles. The van der Waals surface area contributed by atoms with Gasteiger partial charge in [-0.05, 0) is 43.0 Å². The van der Waals surface area contributed by atoms with E-state index >= 15 is 0 Å². The Morgan fingerprint density at radius 1 is 1.35 bits per heavy atom. The maximum atomic E-state index is 12.1. The van der Waals surface area contributed by atoms with Crippen molar-refractivity contribution in [2.24, 2.45) is 0 Å². The Morgan fingerprint density at radius 2 is 2.26 bits per heavy atom. The molecule has 1 N–H and O–H groups in total. The number of hydrogen-bond acceptors (Lipinski definition) is 4. The molecule has 0 spiro atoms. The van der Waals surface area contributed by atoms with Crippen LogP contribution in [-0.2, 0) is 21.3 Å². The van der Waals surface area contributed by atoms with Gasteiger partial charge in [0.25, 0.3) is 0 Å². The third kappa shape index (κ3) is 4.63. The van der Waals surface area contributed by atoms with Gasteiger partial charge in [0, 0.05) is 25.5 Å². The van der Waals surface area contributed by atoms with Crippen molar-refractivity contribution in [3.8, 4) is 5.69 Å². The fourth-order valence-corrected chi connectivity index (χ4v) is 3.76. The monoisotopic (exact) mass is 335 g/mol. The first-order chi connectivity index (χ1) is 11.1. The van der Waals surface area contributed by atoms with Crippen LogP contribution in [0, 0.1) is 0 Å². The molecule has 1 fully saturated rings. The lowest BCUT2D eigenvalue weighted by Crippen LogP contribution is -2.27. The van der Waals surface area contributed by atoms with Crippen LogP contribution in [-0.4, -0.2) is 36.7 Å². The Kier molecular flexibility index (Phi) is 5.09. The van der Waals surface area contributed by atoms with Crippen molar-refractivity contribution in [2.45, 2.75) is 31.9 Å². The first kappa shape index (κ1) is 16.2. The number of hydrogen-bond donors (Lipinski definition) is 1. The number of benzene rings is 1. The summed E-state index contributed by atoms with van der Waals surface area (Å²) in [6, 6.07) is 9.50. The summed E-state index contributed by atoms with van der Waals surface area (Å²) in [5.74, 6) is 0.108. The van der Waals surface area contributed by atoms with Crippen LogP contribution in [0.4, 0.5) is 0 Å². The fourth-order valence-electron chi connectivity index (χ4n) is 2.65. The zero-order valence-corrected chi connectivity index (χ0v) is 13.7. The summed E-state index contributed by atoms with van der Waals surface area (Å²) in [7, 11) is -3.29. The van der Waals surface area contributed by atoms with E-state index in [1.807, 2.05) is 36.5 Å². The van der Waals surface area contributed by atoms with Gasteiger partial charge in [0.05, 0.1) is 17.5 Å². The van der Waals surface area contributed by atoms with Crippen molar-refractivity contribution in [1.29, 1.82) is 0 Å². The highest BCUT2D eigenvalue weighted by Gasteiger charge is 2.19. The number of aromatic nitrogens is 2. The minimum Gasteiger partial charge on any atom is -0.378 e. The molecule has 1 aromatic heterocycles. The molecule has 6 nitrogen and oxygen atoms in total. The van der Waals surface area contributed by atoms with E-state index in [-0.39, 0.29) is 18.4 Å². The van der Waals surface area contributed by atoms with Gasteiger partial charge in [0.2, 0.25) is 10.0 Å². The predicted octanol–water partition coefficient (Wildman–Crippen LogP) is 1.86. The Bertz CT molecular complexity index is 723. The largest absolute Gasteiger partial charge is 0.378 e. The Balaban J connectivity index is 1.55. The summed E-state index contributed by atoms with van der Waals surface area (Å²) in [5, 5.41) is 4.17. The van der Waals surface area contributed by atoms with Crippen LogP contribution in [0.25, 0.3) is 5.69 Å². The van der Waals surface area contributed by atoms with E-state index in [0.29, 0.717) is 6.42 Å². The molecule has 1 saturated heterocycles. The first-order valence-electron chi connectivity index (χ1n) is 7.80. The average molecular weight is 335 g/mol. The SMILES string of the molecule is O=S(=O)(CCC1CCCO1)NCc1cccc(-n2cccn2)c1. The van der Waals surface area contributed by atoms with E-state index in [4.69, 9.17) is 4.74 Å². The predicted molar refractivity (Wildman–Crippen MR) is 87.8 cm³/mol. The summed E-state index contributed by atoms with van der Waals surface area (Å²) >= 11 is 0. The van der Waals surface area contributed by atoms with Crippen LogP contribution >= 0.6 is 0 Å². The van der Waals surface area contributed by atoms with Crippen LogP contribution in [0.2, 0.25) is 0 Å². The summed E-state index contributed by atoms with van der Waals surface area (Å²) in [4.78, 5) is 0. The summed E-state index contributed by atoms with van der Waals surface area (Å²) < 4.78 is 34.1. The number of ether oxygens (including phenoxy) is 1. The first-order valence-corrected chi connectivity index (χ1v) is 9.45. The number of rotatable bonds is 7. The van der Waals surface area contributed by atoms with Gasteiger partial charge >= 0.3 is 0 Å². The molecule has 0 radical (unpaired) electrons. The molecule has 0 saturated carbocycles. The molecule has 2 heterocycles. The lowest BCUT2D eigenvalue weighted by atomic mass is 10.2.